The highest BCUT2D eigenvalue weighted by molar-refractivity contribution is 5.96. The first-order valence-electron chi connectivity index (χ1n) is 5.42. The third kappa shape index (κ3) is 3.18. The summed E-state index contributed by atoms with van der Waals surface area (Å²) in [6.07, 6.45) is 0. The number of primary amides is 1. The summed E-state index contributed by atoms with van der Waals surface area (Å²) in [6.45, 7) is 1.74. The monoisotopic (exact) mass is 267 g/mol. The molecule has 0 saturated carbocycles. The molecule has 3 N–H and O–H groups in total. The number of carbonyl (C=O) groups is 2. The number of carbonyl (C=O) groups excluding carboxylic acids is 1. The number of nitrogens with two attached hydrogens (primary N) is 1. The van der Waals surface area contributed by atoms with Crippen molar-refractivity contribution in [2.45, 2.75) is 6.92 Å². The fourth-order valence-corrected chi connectivity index (χ4v) is 1.71. The molecule has 1 aromatic carbocycles. The predicted molar refractivity (Wildman–Crippen MR) is 67.1 cm³/mol. The number of carboxylic acid groups (broad SMARTS) is 1. The molecule has 0 unspecified atom stereocenters. The van der Waals surface area contributed by atoms with E-state index in [0.717, 1.165) is 6.07 Å². The van der Waals surface area contributed by atoms with Crippen LogP contribution in [0.1, 0.15) is 17.3 Å². The number of para-hydroxylation sites is 1. The third-order valence-electron chi connectivity index (χ3n) is 2.50. The van der Waals surface area contributed by atoms with Crippen molar-refractivity contribution in [3.8, 4) is 0 Å². The van der Waals surface area contributed by atoms with Crippen LogP contribution in [0.25, 0.3) is 0 Å². The van der Waals surface area contributed by atoms with Crippen LogP contribution in [0.15, 0.2) is 18.2 Å². The van der Waals surface area contributed by atoms with E-state index in [0.29, 0.717) is 0 Å². The summed E-state index contributed by atoms with van der Waals surface area (Å²) in [7, 11) is 0. The minimum atomic E-state index is -1.40. The molecule has 1 rings (SSSR count). The van der Waals surface area contributed by atoms with Gasteiger partial charge >= 0.3 is 11.7 Å². The van der Waals surface area contributed by atoms with Crippen molar-refractivity contribution in [2.24, 2.45) is 5.73 Å². The molecule has 102 valence electrons. The lowest BCUT2D eigenvalue weighted by Crippen LogP contribution is -2.34. The van der Waals surface area contributed by atoms with Gasteiger partial charge in [-0.3, -0.25) is 14.9 Å². The normalized spacial score (nSPS) is 9.95. The van der Waals surface area contributed by atoms with Gasteiger partial charge in [0.1, 0.15) is 11.3 Å². The quantitative estimate of drug-likeness (QED) is 0.574. The Labute approximate surface area is 108 Å². The molecule has 0 aliphatic carbocycles. The maximum atomic E-state index is 11.1. The van der Waals surface area contributed by atoms with Crippen LogP contribution in [-0.2, 0) is 4.79 Å². The van der Waals surface area contributed by atoms with Gasteiger partial charge < -0.3 is 15.7 Å². The van der Waals surface area contributed by atoms with E-state index in [4.69, 9.17) is 10.8 Å². The lowest BCUT2D eigenvalue weighted by atomic mass is 10.1. The van der Waals surface area contributed by atoms with Crippen molar-refractivity contribution in [2.75, 3.05) is 18.0 Å². The number of aromatic carboxylic acids is 1. The van der Waals surface area contributed by atoms with Gasteiger partial charge in [0.25, 0.3) is 0 Å². The number of benzene rings is 1. The SMILES string of the molecule is CCN(CC(N)=O)c1cccc(C(=O)O)c1[N+](=O)[O-]. The van der Waals surface area contributed by atoms with Crippen molar-refractivity contribution < 1.29 is 19.6 Å². The molecular weight excluding hydrogens is 254 g/mol. The van der Waals surface area contributed by atoms with Gasteiger partial charge in [0, 0.05) is 6.54 Å². The number of hydrogen-bond acceptors (Lipinski definition) is 5. The molecule has 0 bridgehead atoms. The van der Waals surface area contributed by atoms with Crippen LogP contribution in [-0.4, -0.2) is 35.0 Å². The van der Waals surface area contributed by atoms with E-state index in [-0.39, 0.29) is 18.8 Å². The molecule has 0 atom stereocenters. The second-order valence-electron chi connectivity index (χ2n) is 3.72. The molecule has 0 spiro atoms. The molecular formula is C11H13N3O5. The topological polar surface area (TPSA) is 127 Å². The van der Waals surface area contributed by atoms with Gasteiger partial charge in [0.15, 0.2) is 0 Å². The first-order valence-corrected chi connectivity index (χ1v) is 5.42. The van der Waals surface area contributed by atoms with Gasteiger partial charge in [-0.05, 0) is 19.1 Å². The molecule has 0 aliphatic heterocycles. The summed E-state index contributed by atoms with van der Waals surface area (Å²) in [5.41, 5.74) is 4.16. The third-order valence-corrected chi connectivity index (χ3v) is 2.50. The van der Waals surface area contributed by atoms with Crippen LogP contribution in [0.3, 0.4) is 0 Å². The highest BCUT2D eigenvalue weighted by Crippen LogP contribution is 2.31. The Morgan fingerprint density at radius 1 is 1.47 bits per heavy atom. The molecule has 8 nitrogen and oxygen atoms in total. The molecule has 0 saturated heterocycles. The standard InChI is InChI=1S/C11H13N3O5/c1-2-13(6-9(12)15)8-5-3-4-7(11(16)17)10(8)14(18)19/h3-5H,2,6H2,1H3,(H2,12,15)(H,16,17). The van der Waals surface area contributed by atoms with E-state index in [1.807, 2.05) is 0 Å². The Morgan fingerprint density at radius 3 is 2.53 bits per heavy atom. The summed E-state index contributed by atoms with van der Waals surface area (Å²) in [4.78, 5) is 33.6. The van der Waals surface area contributed by atoms with E-state index in [9.17, 15) is 19.7 Å². The van der Waals surface area contributed by atoms with Crippen LogP contribution in [0, 0.1) is 10.1 Å². The van der Waals surface area contributed by atoms with Crippen molar-refractivity contribution in [1.29, 1.82) is 0 Å². The van der Waals surface area contributed by atoms with Gasteiger partial charge in [-0.2, -0.15) is 0 Å². The fraction of sp³-hybridized carbons (Fsp3) is 0.273. The molecule has 1 aromatic rings. The summed E-state index contributed by atoms with van der Waals surface area (Å²) >= 11 is 0. The number of likely N-dealkylation sites (N-methyl/N-ethyl adjacent to an activating group) is 1. The van der Waals surface area contributed by atoms with Gasteiger partial charge in [-0.25, -0.2) is 4.79 Å². The number of nitro benzene ring substituents is 1. The zero-order valence-electron chi connectivity index (χ0n) is 10.2. The average Bonchev–Trinajstić information content (AvgIpc) is 2.34. The van der Waals surface area contributed by atoms with Crippen molar-refractivity contribution >= 4 is 23.3 Å². The highest BCUT2D eigenvalue weighted by atomic mass is 16.6. The lowest BCUT2D eigenvalue weighted by Gasteiger charge is -2.21. The van der Waals surface area contributed by atoms with E-state index >= 15 is 0 Å². The first-order chi connectivity index (χ1) is 8.88. The minimum Gasteiger partial charge on any atom is -0.477 e. The smallest absolute Gasteiger partial charge is 0.342 e. The fourth-order valence-electron chi connectivity index (χ4n) is 1.71. The van der Waals surface area contributed by atoms with Crippen LogP contribution < -0.4 is 10.6 Å². The maximum Gasteiger partial charge on any atom is 0.342 e. The molecule has 0 radical (unpaired) electrons. The summed E-state index contributed by atoms with van der Waals surface area (Å²) < 4.78 is 0. The number of carboxylic acids is 1. The molecule has 8 heteroatoms. The summed E-state index contributed by atoms with van der Waals surface area (Å²) in [5, 5.41) is 20.0. The van der Waals surface area contributed by atoms with Crippen LogP contribution >= 0.6 is 0 Å². The molecule has 0 fully saturated rings. The second-order valence-corrected chi connectivity index (χ2v) is 3.72. The highest BCUT2D eigenvalue weighted by Gasteiger charge is 2.27. The Hall–Kier alpha value is -2.64. The van der Waals surface area contributed by atoms with E-state index in [1.165, 1.54) is 17.0 Å². The molecule has 0 aromatic heterocycles. The first kappa shape index (κ1) is 14.4. The largest absolute Gasteiger partial charge is 0.477 e. The van der Waals surface area contributed by atoms with E-state index < -0.39 is 28.1 Å². The van der Waals surface area contributed by atoms with Crippen molar-refractivity contribution in [1.82, 2.24) is 0 Å². The van der Waals surface area contributed by atoms with Crippen molar-refractivity contribution in [3.05, 3.63) is 33.9 Å². The van der Waals surface area contributed by atoms with Crippen LogP contribution in [0.2, 0.25) is 0 Å². The predicted octanol–water partition coefficient (Wildman–Crippen LogP) is 0.605. The lowest BCUT2D eigenvalue weighted by molar-refractivity contribution is -0.384. The van der Waals surface area contributed by atoms with Crippen LogP contribution in [0.4, 0.5) is 11.4 Å². The number of anilines is 1. The zero-order chi connectivity index (χ0) is 14.6. The van der Waals surface area contributed by atoms with Gasteiger partial charge in [0.2, 0.25) is 5.91 Å². The molecule has 19 heavy (non-hydrogen) atoms. The Kier molecular flexibility index (Phi) is 4.41. The molecule has 1 amide bonds. The number of rotatable bonds is 6. The second kappa shape index (κ2) is 5.80. The maximum absolute atomic E-state index is 11.1. The Morgan fingerprint density at radius 2 is 2.11 bits per heavy atom. The number of nitrogens with zero attached hydrogens (tertiary/aromatic N) is 2. The van der Waals surface area contributed by atoms with E-state index in [1.54, 1.807) is 6.92 Å². The minimum absolute atomic E-state index is 0.0613. The molecule has 0 heterocycles. The van der Waals surface area contributed by atoms with Gasteiger partial charge in [-0.15, -0.1) is 0 Å². The molecule has 0 aliphatic rings. The summed E-state index contributed by atoms with van der Waals surface area (Å²) in [6, 6.07) is 3.91. The van der Waals surface area contributed by atoms with Crippen molar-refractivity contribution in [3.63, 3.8) is 0 Å². The van der Waals surface area contributed by atoms with Gasteiger partial charge in [-0.1, -0.05) is 6.07 Å². The van der Waals surface area contributed by atoms with Gasteiger partial charge in [0.05, 0.1) is 11.5 Å². The van der Waals surface area contributed by atoms with E-state index in [2.05, 4.69) is 0 Å². The number of nitro groups is 1. The Bertz CT molecular complexity index is 529. The summed E-state index contributed by atoms with van der Waals surface area (Å²) in [5.74, 6) is -2.06. The average molecular weight is 267 g/mol. The zero-order valence-corrected chi connectivity index (χ0v) is 10.2. The van der Waals surface area contributed by atoms with Crippen LogP contribution in [0.5, 0.6) is 0 Å². The number of amides is 1. The number of hydrogen-bond donors (Lipinski definition) is 2. The Balaban J connectivity index is 3.40.